The topological polar surface area (TPSA) is 91.3 Å². The maximum atomic E-state index is 11.8. The Bertz CT molecular complexity index is 672. The highest BCUT2D eigenvalue weighted by Crippen LogP contribution is 2.25. The Morgan fingerprint density at radius 3 is 2.39 bits per heavy atom. The maximum Gasteiger partial charge on any atom is 0.329 e. The molecule has 2 rings (SSSR count). The number of hydrogen-bond donors (Lipinski definition) is 0. The molecule has 0 bridgehead atoms. The lowest BCUT2D eigenvalue weighted by atomic mass is 10.1. The molecule has 0 N–H and O–H groups in total. The van der Waals surface area contributed by atoms with E-state index in [4.69, 9.17) is 14.2 Å². The first-order valence-corrected chi connectivity index (χ1v) is 6.97. The molecule has 1 aromatic rings. The smallest absolute Gasteiger partial charge is 0.329 e. The minimum Gasteiger partial charge on any atom is -0.426 e. The molecule has 0 atom stereocenters. The van der Waals surface area contributed by atoms with Crippen molar-refractivity contribution in [1.29, 1.82) is 0 Å². The van der Waals surface area contributed by atoms with E-state index in [2.05, 4.69) is 4.99 Å². The van der Waals surface area contributed by atoms with Gasteiger partial charge in [0.15, 0.2) is 5.92 Å². The van der Waals surface area contributed by atoms with Gasteiger partial charge in [0, 0.05) is 27.0 Å². The second-order valence-electron chi connectivity index (χ2n) is 5.54. The van der Waals surface area contributed by atoms with Gasteiger partial charge >= 0.3 is 17.9 Å². The summed E-state index contributed by atoms with van der Waals surface area (Å²) in [4.78, 5) is 38.7. The summed E-state index contributed by atoms with van der Waals surface area (Å²) in [6, 6.07) is 4.85. The normalized spacial score (nSPS) is 17.7. The van der Waals surface area contributed by atoms with Crippen LogP contribution in [0.1, 0.15) is 26.3 Å². The Labute approximate surface area is 133 Å². The maximum absolute atomic E-state index is 11.8. The van der Waals surface area contributed by atoms with E-state index in [0.29, 0.717) is 17.0 Å². The Morgan fingerprint density at radius 1 is 1.26 bits per heavy atom. The van der Waals surface area contributed by atoms with E-state index in [-0.39, 0.29) is 0 Å². The van der Waals surface area contributed by atoms with Gasteiger partial charge < -0.3 is 14.2 Å². The van der Waals surface area contributed by atoms with Crippen molar-refractivity contribution in [3.63, 3.8) is 0 Å². The number of rotatable bonds is 3. The number of carbonyl (C=O) groups excluding carboxylic acids is 3. The largest absolute Gasteiger partial charge is 0.426 e. The number of esters is 3. The lowest BCUT2D eigenvalue weighted by Crippen LogP contribution is -2.46. The summed E-state index contributed by atoms with van der Waals surface area (Å²) in [6.07, 6.45) is 1.18. The van der Waals surface area contributed by atoms with E-state index >= 15 is 0 Å². The van der Waals surface area contributed by atoms with Crippen molar-refractivity contribution >= 4 is 29.8 Å². The summed E-state index contributed by atoms with van der Waals surface area (Å²) < 4.78 is 15.0. The number of ether oxygens (including phenoxy) is 3. The average molecular weight is 319 g/mol. The highest BCUT2D eigenvalue weighted by molar-refractivity contribution is 6.10. The van der Waals surface area contributed by atoms with Gasteiger partial charge in [-0.25, -0.2) is 0 Å². The quantitative estimate of drug-likeness (QED) is 0.366. The van der Waals surface area contributed by atoms with Gasteiger partial charge in [0.05, 0.1) is 5.69 Å². The molecule has 0 amide bonds. The van der Waals surface area contributed by atoms with Crippen LogP contribution in [0.3, 0.4) is 0 Å². The van der Waals surface area contributed by atoms with Crippen molar-refractivity contribution in [3.8, 4) is 5.75 Å². The summed E-state index contributed by atoms with van der Waals surface area (Å²) in [6.45, 7) is 6.02. The van der Waals surface area contributed by atoms with Crippen LogP contribution in [0.15, 0.2) is 23.2 Å². The number of aliphatic imine (C=N–C) groups is 1. The van der Waals surface area contributed by atoms with Crippen LogP contribution in [0.5, 0.6) is 5.75 Å². The summed E-state index contributed by atoms with van der Waals surface area (Å²) in [5.74, 6) is -3.86. The zero-order valence-corrected chi connectivity index (χ0v) is 13.3. The van der Waals surface area contributed by atoms with Gasteiger partial charge in [-0.2, -0.15) is 0 Å². The monoisotopic (exact) mass is 319 g/mol. The van der Waals surface area contributed by atoms with Crippen LogP contribution in [-0.4, -0.2) is 29.9 Å². The van der Waals surface area contributed by atoms with Gasteiger partial charge in [-0.1, -0.05) is 0 Å². The summed E-state index contributed by atoms with van der Waals surface area (Å²) in [5, 5.41) is 0. The number of benzene rings is 1. The van der Waals surface area contributed by atoms with E-state index in [9.17, 15) is 14.4 Å². The van der Waals surface area contributed by atoms with Crippen LogP contribution >= 0.6 is 0 Å². The van der Waals surface area contributed by atoms with Crippen LogP contribution in [0.4, 0.5) is 5.69 Å². The Morgan fingerprint density at radius 2 is 1.87 bits per heavy atom. The number of nitrogens with zero attached hydrogens (tertiary/aromatic N) is 1. The van der Waals surface area contributed by atoms with Crippen LogP contribution in [0.25, 0.3) is 0 Å². The fourth-order valence-electron chi connectivity index (χ4n) is 1.99. The third kappa shape index (κ3) is 4.15. The van der Waals surface area contributed by atoms with Crippen molar-refractivity contribution in [2.45, 2.75) is 33.5 Å². The predicted molar refractivity (Wildman–Crippen MR) is 80.4 cm³/mol. The molecule has 7 heteroatoms. The van der Waals surface area contributed by atoms with E-state index in [1.807, 2.05) is 0 Å². The molecule has 0 spiro atoms. The molecule has 0 radical (unpaired) electrons. The van der Waals surface area contributed by atoms with Crippen LogP contribution in [0, 0.1) is 12.8 Å². The fraction of sp³-hybridized carbons (Fsp3) is 0.375. The summed E-state index contributed by atoms with van der Waals surface area (Å²) in [5.41, 5.74) is 1.20. The third-order valence-electron chi connectivity index (χ3n) is 2.99. The minimum absolute atomic E-state index is 0.417. The van der Waals surface area contributed by atoms with E-state index in [0.717, 1.165) is 0 Å². The second-order valence-corrected chi connectivity index (χ2v) is 5.54. The lowest BCUT2D eigenvalue weighted by Gasteiger charge is -2.31. The van der Waals surface area contributed by atoms with Crippen molar-refractivity contribution in [1.82, 2.24) is 0 Å². The molecule has 0 aromatic heterocycles. The first kappa shape index (κ1) is 16.7. The molecular weight excluding hydrogens is 302 g/mol. The van der Waals surface area contributed by atoms with E-state index in [1.165, 1.54) is 27.0 Å². The third-order valence-corrected chi connectivity index (χ3v) is 2.99. The summed E-state index contributed by atoms with van der Waals surface area (Å²) >= 11 is 0. The molecule has 1 aromatic carbocycles. The van der Waals surface area contributed by atoms with E-state index < -0.39 is 29.6 Å². The lowest BCUT2D eigenvalue weighted by molar-refractivity contribution is -0.235. The van der Waals surface area contributed by atoms with Crippen molar-refractivity contribution in [3.05, 3.63) is 23.8 Å². The predicted octanol–water partition coefficient (Wildman–Crippen LogP) is 2.07. The van der Waals surface area contributed by atoms with Crippen LogP contribution in [-0.2, 0) is 23.9 Å². The van der Waals surface area contributed by atoms with Gasteiger partial charge in [-0.15, -0.1) is 0 Å². The second kappa shape index (κ2) is 6.20. The number of cyclic esters (lactones) is 2. The first-order valence-electron chi connectivity index (χ1n) is 6.97. The molecule has 1 heterocycles. The van der Waals surface area contributed by atoms with Gasteiger partial charge in [0.2, 0.25) is 0 Å². The van der Waals surface area contributed by atoms with Crippen molar-refractivity contribution in [2.75, 3.05) is 0 Å². The molecular formula is C16H17NO6. The molecule has 122 valence electrons. The van der Waals surface area contributed by atoms with Crippen molar-refractivity contribution in [2.24, 2.45) is 10.9 Å². The Balaban J connectivity index is 2.14. The van der Waals surface area contributed by atoms with Gasteiger partial charge in [0.1, 0.15) is 5.75 Å². The summed E-state index contributed by atoms with van der Waals surface area (Å²) in [7, 11) is 0. The first-order chi connectivity index (χ1) is 10.7. The zero-order chi connectivity index (χ0) is 17.2. The molecule has 1 aliphatic rings. The van der Waals surface area contributed by atoms with Gasteiger partial charge in [-0.3, -0.25) is 19.4 Å². The molecule has 1 aliphatic heterocycles. The number of carbonyl (C=O) groups is 3. The number of hydrogen-bond acceptors (Lipinski definition) is 7. The average Bonchev–Trinajstić information content (AvgIpc) is 2.39. The highest BCUT2D eigenvalue weighted by atomic mass is 16.7. The minimum atomic E-state index is -1.26. The van der Waals surface area contributed by atoms with Gasteiger partial charge in [-0.05, 0) is 30.7 Å². The van der Waals surface area contributed by atoms with Gasteiger partial charge in [0.25, 0.3) is 5.79 Å². The fourth-order valence-corrected chi connectivity index (χ4v) is 1.99. The van der Waals surface area contributed by atoms with Crippen LogP contribution in [0.2, 0.25) is 0 Å². The molecule has 7 nitrogen and oxygen atoms in total. The molecule has 0 unspecified atom stereocenters. The SMILES string of the molecule is CC(=O)Oc1ccc(N=CC2C(=O)OC(C)(C)OC2=O)cc1C. The Hall–Kier alpha value is -2.70. The molecule has 23 heavy (non-hydrogen) atoms. The molecule has 1 fully saturated rings. The molecule has 0 saturated carbocycles. The van der Waals surface area contributed by atoms with E-state index in [1.54, 1.807) is 25.1 Å². The van der Waals surface area contributed by atoms with Crippen LogP contribution < -0.4 is 4.74 Å². The zero-order valence-electron chi connectivity index (χ0n) is 13.3. The highest BCUT2D eigenvalue weighted by Gasteiger charge is 2.42. The number of aryl methyl sites for hydroxylation is 1. The molecule has 1 saturated heterocycles. The Kier molecular flexibility index (Phi) is 4.49. The molecule has 0 aliphatic carbocycles. The van der Waals surface area contributed by atoms with Crippen molar-refractivity contribution < 1.29 is 28.6 Å². The standard InChI is InChI=1S/C16H17NO6/c1-9-7-11(5-6-13(9)21-10(2)18)17-8-12-14(19)22-16(3,4)23-15(12)20/h5-8,12H,1-4H3.